The molecule has 1 saturated carbocycles. The van der Waals surface area contributed by atoms with E-state index in [1.165, 1.54) is 17.9 Å². The van der Waals surface area contributed by atoms with Gasteiger partial charge in [0.2, 0.25) is 5.91 Å². The van der Waals surface area contributed by atoms with Crippen molar-refractivity contribution in [2.75, 3.05) is 19.7 Å². The second kappa shape index (κ2) is 4.75. The van der Waals surface area contributed by atoms with Gasteiger partial charge >= 0.3 is 0 Å². The number of hydrogen-bond donors (Lipinski definition) is 1. The molecule has 0 spiro atoms. The quantitative estimate of drug-likeness (QED) is 0.722. The van der Waals surface area contributed by atoms with Crippen LogP contribution in [0, 0.1) is 0 Å². The highest BCUT2D eigenvalue weighted by molar-refractivity contribution is 5.75. The first-order valence-electron chi connectivity index (χ1n) is 5.53. The van der Waals surface area contributed by atoms with E-state index in [4.69, 9.17) is 4.84 Å². The highest BCUT2D eigenvalue weighted by atomic mass is 16.7. The van der Waals surface area contributed by atoms with Gasteiger partial charge in [-0.05, 0) is 25.7 Å². The van der Waals surface area contributed by atoms with E-state index in [2.05, 4.69) is 5.32 Å². The molecule has 0 bridgehead atoms. The summed E-state index contributed by atoms with van der Waals surface area (Å²) >= 11 is 0. The minimum Gasteiger partial charge on any atom is -0.313 e. The Bertz CT molecular complexity index is 198. The third-order valence-electron chi connectivity index (χ3n) is 2.63. The zero-order valence-electron chi connectivity index (χ0n) is 8.50. The van der Waals surface area contributed by atoms with Crippen LogP contribution in [0.4, 0.5) is 0 Å². The normalized spacial score (nSPS) is 22.4. The topological polar surface area (TPSA) is 41.6 Å². The maximum absolute atomic E-state index is 11.6. The third kappa shape index (κ3) is 2.96. The maximum Gasteiger partial charge on any atom is 0.247 e. The lowest BCUT2D eigenvalue weighted by atomic mass is 10.3. The van der Waals surface area contributed by atoms with E-state index in [1.54, 1.807) is 0 Å². The van der Waals surface area contributed by atoms with E-state index in [-0.39, 0.29) is 5.91 Å². The molecule has 0 atom stereocenters. The molecule has 4 heteroatoms. The highest BCUT2D eigenvalue weighted by Gasteiger charge is 2.21. The average Bonchev–Trinajstić information content (AvgIpc) is 3.03. The first-order valence-corrected chi connectivity index (χ1v) is 5.53. The molecule has 0 radical (unpaired) electrons. The zero-order valence-corrected chi connectivity index (χ0v) is 8.50. The van der Waals surface area contributed by atoms with E-state index in [0.29, 0.717) is 19.1 Å². The molecule has 1 saturated heterocycles. The van der Waals surface area contributed by atoms with Crippen LogP contribution in [0.2, 0.25) is 0 Å². The molecule has 0 aromatic heterocycles. The Morgan fingerprint density at radius 1 is 1.43 bits per heavy atom. The van der Waals surface area contributed by atoms with E-state index in [0.717, 1.165) is 25.9 Å². The van der Waals surface area contributed by atoms with E-state index >= 15 is 0 Å². The van der Waals surface area contributed by atoms with Crippen molar-refractivity contribution >= 4 is 5.91 Å². The second-order valence-electron chi connectivity index (χ2n) is 4.01. The number of hydrogen-bond acceptors (Lipinski definition) is 3. The first kappa shape index (κ1) is 9.93. The van der Waals surface area contributed by atoms with Gasteiger partial charge in [-0.1, -0.05) is 0 Å². The molecule has 0 aromatic carbocycles. The SMILES string of the molecule is O=C(CCNC1CC1)N1CCCCO1. The summed E-state index contributed by atoms with van der Waals surface area (Å²) in [6, 6.07) is 0.685. The average molecular weight is 198 g/mol. The summed E-state index contributed by atoms with van der Waals surface area (Å²) in [5, 5.41) is 4.85. The van der Waals surface area contributed by atoms with Crippen molar-refractivity contribution in [1.82, 2.24) is 10.4 Å². The van der Waals surface area contributed by atoms with Gasteiger partial charge in [-0.15, -0.1) is 0 Å². The van der Waals surface area contributed by atoms with Crippen LogP contribution in [0.1, 0.15) is 32.1 Å². The number of rotatable bonds is 4. The van der Waals surface area contributed by atoms with Crippen LogP contribution in [0.3, 0.4) is 0 Å². The molecule has 4 nitrogen and oxygen atoms in total. The zero-order chi connectivity index (χ0) is 9.80. The summed E-state index contributed by atoms with van der Waals surface area (Å²) in [7, 11) is 0. The van der Waals surface area contributed by atoms with Crippen LogP contribution in [0.25, 0.3) is 0 Å². The van der Waals surface area contributed by atoms with Crippen molar-refractivity contribution in [1.29, 1.82) is 0 Å². The number of carbonyl (C=O) groups is 1. The van der Waals surface area contributed by atoms with Gasteiger partial charge in [0.15, 0.2) is 0 Å². The van der Waals surface area contributed by atoms with Crippen molar-refractivity contribution in [2.24, 2.45) is 0 Å². The molecule has 2 rings (SSSR count). The largest absolute Gasteiger partial charge is 0.313 e. The van der Waals surface area contributed by atoms with Crippen LogP contribution >= 0.6 is 0 Å². The summed E-state index contributed by atoms with van der Waals surface area (Å²) in [4.78, 5) is 16.8. The molecule has 80 valence electrons. The van der Waals surface area contributed by atoms with Gasteiger partial charge in [0, 0.05) is 25.6 Å². The molecule has 1 aliphatic heterocycles. The lowest BCUT2D eigenvalue weighted by Crippen LogP contribution is -2.37. The van der Waals surface area contributed by atoms with E-state index < -0.39 is 0 Å². The molecule has 1 amide bonds. The monoisotopic (exact) mass is 198 g/mol. The fraction of sp³-hybridized carbons (Fsp3) is 0.900. The molecule has 14 heavy (non-hydrogen) atoms. The summed E-state index contributed by atoms with van der Waals surface area (Å²) in [5.74, 6) is 0.123. The molecular weight excluding hydrogens is 180 g/mol. The highest BCUT2D eigenvalue weighted by Crippen LogP contribution is 2.18. The van der Waals surface area contributed by atoms with Crippen molar-refractivity contribution in [3.63, 3.8) is 0 Å². The maximum atomic E-state index is 11.6. The number of carbonyl (C=O) groups excluding carboxylic acids is 1. The van der Waals surface area contributed by atoms with Crippen LogP contribution in [-0.4, -0.2) is 36.7 Å². The predicted molar refractivity (Wildman–Crippen MR) is 52.5 cm³/mol. The molecule has 1 heterocycles. The predicted octanol–water partition coefficient (Wildman–Crippen LogP) is 0.682. The number of amides is 1. The third-order valence-corrected chi connectivity index (χ3v) is 2.63. The minimum absolute atomic E-state index is 0.123. The van der Waals surface area contributed by atoms with Crippen LogP contribution in [0.15, 0.2) is 0 Å². The first-order chi connectivity index (χ1) is 6.86. The van der Waals surface area contributed by atoms with Crippen molar-refractivity contribution in [3.05, 3.63) is 0 Å². The standard InChI is InChI=1S/C10H18N2O2/c13-10(5-6-11-9-3-4-9)12-7-1-2-8-14-12/h9,11H,1-8H2. The van der Waals surface area contributed by atoms with Gasteiger partial charge in [-0.2, -0.15) is 0 Å². The number of nitrogens with one attached hydrogen (secondary N) is 1. The molecule has 2 aliphatic rings. The molecule has 1 aliphatic carbocycles. The van der Waals surface area contributed by atoms with Crippen molar-refractivity contribution in [3.8, 4) is 0 Å². The van der Waals surface area contributed by atoms with Crippen molar-refractivity contribution in [2.45, 2.75) is 38.1 Å². The van der Waals surface area contributed by atoms with Gasteiger partial charge in [0.05, 0.1) is 6.61 Å². The Labute approximate surface area is 84.6 Å². The number of nitrogens with zero attached hydrogens (tertiary/aromatic N) is 1. The molecule has 1 N–H and O–H groups in total. The summed E-state index contributed by atoms with van der Waals surface area (Å²) in [5.41, 5.74) is 0. The fourth-order valence-electron chi connectivity index (χ4n) is 1.59. The van der Waals surface area contributed by atoms with Crippen LogP contribution in [-0.2, 0) is 9.63 Å². The molecule has 0 aromatic rings. The summed E-state index contributed by atoms with van der Waals surface area (Å²) in [6.45, 7) is 2.26. The Morgan fingerprint density at radius 2 is 2.29 bits per heavy atom. The van der Waals surface area contributed by atoms with Gasteiger partial charge in [0.1, 0.15) is 0 Å². The second-order valence-corrected chi connectivity index (χ2v) is 4.01. The Morgan fingerprint density at radius 3 is 2.93 bits per heavy atom. The molecular formula is C10H18N2O2. The van der Waals surface area contributed by atoms with Gasteiger partial charge in [-0.3, -0.25) is 9.63 Å². The van der Waals surface area contributed by atoms with Gasteiger partial charge in [0.25, 0.3) is 0 Å². The Hall–Kier alpha value is -0.610. The lowest BCUT2D eigenvalue weighted by Gasteiger charge is -2.25. The van der Waals surface area contributed by atoms with Crippen LogP contribution in [0.5, 0.6) is 0 Å². The fourth-order valence-corrected chi connectivity index (χ4v) is 1.59. The van der Waals surface area contributed by atoms with Crippen LogP contribution < -0.4 is 5.32 Å². The summed E-state index contributed by atoms with van der Waals surface area (Å²) in [6.07, 6.45) is 5.26. The summed E-state index contributed by atoms with van der Waals surface area (Å²) < 4.78 is 0. The van der Waals surface area contributed by atoms with Crippen molar-refractivity contribution < 1.29 is 9.63 Å². The van der Waals surface area contributed by atoms with Gasteiger partial charge < -0.3 is 5.32 Å². The van der Waals surface area contributed by atoms with Gasteiger partial charge in [-0.25, -0.2) is 5.06 Å². The lowest BCUT2D eigenvalue weighted by molar-refractivity contribution is -0.196. The van der Waals surface area contributed by atoms with E-state index in [1.807, 2.05) is 0 Å². The smallest absolute Gasteiger partial charge is 0.247 e. The Kier molecular flexibility index (Phi) is 3.37. The Balaban J connectivity index is 1.60. The molecule has 0 unspecified atom stereocenters. The molecule has 2 fully saturated rings. The number of hydroxylamine groups is 2. The van der Waals surface area contributed by atoms with E-state index in [9.17, 15) is 4.79 Å². The minimum atomic E-state index is 0.123.